The molecule has 10 aromatic rings. The SMILES string of the molecule is [C-]#[N+]c1cccc(-c2cccc(-c3ccc4c5c(cccc35)-c3ccccc3-4)c2)c1-c1cccc(-c2cccc(-c3nc(-c4ccc(C)cc4)nc(-c4ccc(C)cc4)n3)c2)c1. The maximum atomic E-state index is 8.29. The molecule has 9 aromatic carbocycles. The summed E-state index contributed by atoms with van der Waals surface area (Å²) in [4.78, 5) is 19.1. The van der Waals surface area contributed by atoms with Crippen LogP contribution in [-0.2, 0) is 0 Å². The molecule has 290 valence electrons. The standard InChI is InChI=1S/C58H38N4/c1-36-23-27-38(28-24-36)56-60-57(39-29-25-37(2)26-30-39)62-58(61-56)45-16-7-12-41(34-45)40-11-6-15-44(33-40)54-47(19-10-22-53(54)59-3)43-14-8-13-42(35-43)46-31-32-52-49-18-5-4-17-48(49)51-21-9-20-50(46)55(51)52/h4-35H,1-2H3. The number of benzene rings is 9. The Hall–Kier alpha value is -8.26. The highest BCUT2D eigenvalue weighted by Gasteiger charge is 2.23. The monoisotopic (exact) mass is 790 g/mol. The van der Waals surface area contributed by atoms with Crippen molar-refractivity contribution in [1.82, 2.24) is 15.0 Å². The first-order valence-corrected chi connectivity index (χ1v) is 20.9. The van der Waals surface area contributed by atoms with Crippen LogP contribution >= 0.6 is 0 Å². The summed E-state index contributed by atoms with van der Waals surface area (Å²) < 4.78 is 0. The first-order chi connectivity index (χ1) is 30.5. The van der Waals surface area contributed by atoms with Crippen LogP contribution < -0.4 is 0 Å². The molecule has 1 aliphatic rings. The van der Waals surface area contributed by atoms with E-state index in [0.29, 0.717) is 23.2 Å². The lowest BCUT2D eigenvalue weighted by Gasteiger charge is -2.16. The highest BCUT2D eigenvalue weighted by molar-refractivity contribution is 6.18. The molecule has 1 aromatic heterocycles. The Morgan fingerprint density at radius 1 is 0.339 bits per heavy atom. The molecule has 1 aliphatic carbocycles. The van der Waals surface area contributed by atoms with Crippen molar-refractivity contribution in [2.24, 2.45) is 0 Å². The van der Waals surface area contributed by atoms with Crippen LogP contribution in [0.4, 0.5) is 5.69 Å². The largest absolute Gasteiger partial charge is 0.237 e. The van der Waals surface area contributed by atoms with Crippen LogP contribution in [0.15, 0.2) is 194 Å². The number of aryl methyl sites for hydroxylation is 2. The Bertz CT molecular complexity index is 3340. The number of rotatable bonds is 7. The van der Waals surface area contributed by atoms with Crippen molar-refractivity contribution in [3.63, 3.8) is 0 Å². The zero-order chi connectivity index (χ0) is 41.7. The van der Waals surface area contributed by atoms with Crippen LogP contribution in [0, 0.1) is 20.4 Å². The number of nitrogens with zero attached hydrogens (tertiary/aromatic N) is 4. The molecule has 0 amide bonds. The number of fused-ring (bicyclic) bond motifs is 3. The second-order valence-electron chi connectivity index (χ2n) is 16.0. The van der Waals surface area contributed by atoms with Gasteiger partial charge < -0.3 is 0 Å². The van der Waals surface area contributed by atoms with Crippen molar-refractivity contribution >= 4 is 16.5 Å². The van der Waals surface area contributed by atoms with Crippen LogP contribution in [0.5, 0.6) is 0 Å². The number of hydrogen-bond acceptors (Lipinski definition) is 3. The number of aromatic nitrogens is 3. The Kier molecular flexibility index (Phi) is 8.95. The summed E-state index contributed by atoms with van der Waals surface area (Å²) in [5, 5.41) is 2.55. The molecule has 0 N–H and O–H groups in total. The summed E-state index contributed by atoms with van der Waals surface area (Å²) in [6.45, 7) is 12.4. The first-order valence-electron chi connectivity index (χ1n) is 20.9. The minimum absolute atomic E-state index is 0.606. The molecule has 0 bridgehead atoms. The predicted molar refractivity (Wildman–Crippen MR) is 256 cm³/mol. The Balaban J connectivity index is 0.985. The summed E-state index contributed by atoms with van der Waals surface area (Å²) in [7, 11) is 0. The lowest BCUT2D eigenvalue weighted by Crippen LogP contribution is -2.00. The van der Waals surface area contributed by atoms with Gasteiger partial charge in [-0.1, -0.05) is 187 Å². The fourth-order valence-electron chi connectivity index (χ4n) is 8.95. The quantitative estimate of drug-likeness (QED) is 0.151. The van der Waals surface area contributed by atoms with Crippen LogP contribution in [0.25, 0.3) is 117 Å². The lowest BCUT2D eigenvalue weighted by molar-refractivity contribution is 1.07. The third-order valence-corrected chi connectivity index (χ3v) is 12.1. The van der Waals surface area contributed by atoms with Crippen molar-refractivity contribution in [3.05, 3.63) is 217 Å². The van der Waals surface area contributed by atoms with Gasteiger partial charge in [0.15, 0.2) is 23.2 Å². The van der Waals surface area contributed by atoms with E-state index in [9.17, 15) is 0 Å². The van der Waals surface area contributed by atoms with Gasteiger partial charge in [-0.2, -0.15) is 0 Å². The van der Waals surface area contributed by atoms with Crippen molar-refractivity contribution in [2.75, 3.05) is 0 Å². The first kappa shape index (κ1) is 36.8. The fourth-order valence-corrected chi connectivity index (χ4v) is 8.95. The van der Waals surface area contributed by atoms with E-state index in [0.717, 1.165) is 55.6 Å². The van der Waals surface area contributed by atoms with Gasteiger partial charge in [-0.05, 0) is 110 Å². The van der Waals surface area contributed by atoms with Gasteiger partial charge >= 0.3 is 0 Å². The third-order valence-electron chi connectivity index (χ3n) is 12.1. The molecule has 0 atom stereocenters. The third kappa shape index (κ3) is 6.45. The second kappa shape index (κ2) is 15.1. The smallest absolute Gasteiger partial charge is 0.195 e. The van der Waals surface area contributed by atoms with E-state index in [-0.39, 0.29) is 0 Å². The van der Waals surface area contributed by atoms with Gasteiger partial charge in [0.25, 0.3) is 0 Å². The molecule has 0 radical (unpaired) electrons. The predicted octanol–water partition coefficient (Wildman–Crippen LogP) is 15.5. The molecular formula is C58H38N4. The van der Waals surface area contributed by atoms with E-state index < -0.39 is 0 Å². The van der Waals surface area contributed by atoms with Crippen LogP contribution in [0.1, 0.15) is 11.1 Å². The summed E-state index contributed by atoms with van der Waals surface area (Å²) >= 11 is 0. The van der Waals surface area contributed by atoms with Crippen molar-refractivity contribution in [1.29, 1.82) is 0 Å². The van der Waals surface area contributed by atoms with Gasteiger partial charge in [0.05, 0.1) is 6.57 Å². The van der Waals surface area contributed by atoms with Gasteiger partial charge in [0.2, 0.25) is 0 Å². The Morgan fingerprint density at radius 3 is 1.40 bits per heavy atom. The van der Waals surface area contributed by atoms with E-state index in [1.165, 1.54) is 49.7 Å². The molecule has 0 aliphatic heterocycles. The van der Waals surface area contributed by atoms with Crippen LogP contribution in [-0.4, -0.2) is 15.0 Å². The fraction of sp³-hybridized carbons (Fsp3) is 0.0345. The molecule has 62 heavy (non-hydrogen) atoms. The zero-order valence-electron chi connectivity index (χ0n) is 34.3. The normalized spacial score (nSPS) is 11.4. The van der Waals surface area contributed by atoms with Crippen molar-refractivity contribution < 1.29 is 0 Å². The molecule has 0 unspecified atom stereocenters. The number of hydrogen-bond donors (Lipinski definition) is 0. The van der Waals surface area contributed by atoms with E-state index >= 15 is 0 Å². The van der Waals surface area contributed by atoms with E-state index in [4.69, 9.17) is 21.5 Å². The molecule has 1 heterocycles. The molecule has 0 saturated carbocycles. The molecule has 0 spiro atoms. The van der Waals surface area contributed by atoms with Crippen molar-refractivity contribution in [2.45, 2.75) is 13.8 Å². The second-order valence-corrected chi connectivity index (χ2v) is 16.0. The molecular weight excluding hydrogens is 753 g/mol. The molecule has 11 rings (SSSR count). The highest BCUT2D eigenvalue weighted by Crippen LogP contribution is 2.50. The molecule has 4 heteroatoms. The lowest BCUT2D eigenvalue weighted by atomic mass is 9.89. The summed E-state index contributed by atoms with van der Waals surface area (Å²) in [5.74, 6) is 1.86. The minimum Gasteiger partial charge on any atom is -0.237 e. The average molecular weight is 791 g/mol. The maximum Gasteiger partial charge on any atom is 0.195 e. The summed E-state index contributed by atoms with van der Waals surface area (Å²) in [6.07, 6.45) is 0. The van der Waals surface area contributed by atoms with Crippen LogP contribution in [0.2, 0.25) is 0 Å². The minimum atomic E-state index is 0.606. The van der Waals surface area contributed by atoms with Gasteiger partial charge in [0.1, 0.15) is 0 Å². The van der Waals surface area contributed by atoms with E-state index in [2.05, 4.69) is 201 Å². The summed E-state index contributed by atoms with van der Waals surface area (Å²) in [6, 6.07) is 68.2. The average Bonchev–Trinajstić information content (AvgIpc) is 3.66. The van der Waals surface area contributed by atoms with Gasteiger partial charge in [-0.3, -0.25) is 0 Å². The zero-order valence-corrected chi connectivity index (χ0v) is 34.3. The molecule has 4 nitrogen and oxygen atoms in total. The van der Waals surface area contributed by atoms with E-state index in [1.54, 1.807) is 0 Å². The molecule has 0 fully saturated rings. The van der Waals surface area contributed by atoms with Gasteiger partial charge in [-0.25, -0.2) is 19.8 Å². The summed E-state index contributed by atoms with van der Waals surface area (Å²) in [5.41, 5.74) is 19.2. The Labute approximate surface area is 361 Å². The van der Waals surface area contributed by atoms with Gasteiger partial charge in [0, 0.05) is 16.7 Å². The Morgan fingerprint density at radius 2 is 0.774 bits per heavy atom. The van der Waals surface area contributed by atoms with Crippen molar-refractivity contribution in [3.8, 4) is 101 Å². The van der Waals surface area contributed by atoms with Crippen LogP contribution in [0.3, 0.4) is 0 Å². The topological polar surface area (TPSA) is 43.0 Å². The highest BCUT2D eigenvalue weighted by atomic mass is 15.0. The maximum absolute atomic E-state index is 8.29. The molecule has 0 saturated heterocycles. The van der Waals surface area contributed by atoms with Gasteiger partial charge in [-0.15, -0.1) is 0 Å². The van der Waals surface area contributed by atoms with E-state index in [1.807, 2.05) is 12.1 Å².